The van der Waals surface area contributed by atoms with Gasteiger partial charge in [0.2, 0.25) is 5.95 Å². The Hall–Kier alpha value is -1.28. The van der Waals surface area contributed by atoms with Crippen LogP contribution in [0.3, 0.4) is 0 Å². The summed E-state index contributed by atoms with van der Waals surface area (Å²) >= 11 is 5.37. The highest BCUT2D eigenvalue weighted by molar-refractivity contribution is 6.17. The molecule has 0 radical (unpaired) electrons. The fourth-order valence-electron chi connectivity index (χ4n) is 0.976. The van der Waals surface area contributed by atoms with Crippen molar-refractivity contribution < 1.29 is 13.2 Å². The van der Waals surface area contributed by atoms with Crippen LogP contribution in [-0.2, 0) is 5.88 Å². The van der Waals surface area contributed by atoms with E-state index in [1.165, 1.54) is 6.07 Å². The smallest absolute Gasteiger partial charge is 0.217 e. The number of pyridine rings is 1. The Morgan fingerprint density at radius 2 is 2.21 bits per heavy atom. The molecule has 0 saturated carbocycles. The van der Waals surface area contributed by atoms with Crippen LogP contribution in [0.1, 0.15) is 23.2 Å². The standard InChI is InChI=1S/C8H4ClF3N2/c9-2-4-1-6(10)14-7(8(11)12)5(4)3-13/h1,8H,2H2. The molecule has 1 aromatic heterocycles. The third-order valence-corrected chi connectivity index (χ3v) is 1.85. The van der Waals surface area contributed by atoms with Crippen molar-refractivity contribution in [1.82, 2.24) is 4.98 Å². The Morgan fingerprint density at radius 3 is 2.64 bits per heavy atom. The van der Waals surface area contributed by atoms with Crippen LogP contribution < -0.4 is 0 Å². The first kappa shape index (κ1) is 10.8. The van der Waals surface area contributed by atoms with Gasteiger partial charge >= 0.3 is 0 Å². The van der Waals surface area contributed by atoms with Gasteiger partial charge in [0, 0.05) is 5.88 Å². The lowest BCUT2D eigenvalue weighted by atomic mass is 10.1. The zero-order valence-corrected chi connectivity index (χ0v) is 7.52. The zero-order chi connectivity index (χ0) is 10.7. The van der Waals surface area contributed by atoms with Gasteiger partial charge in [-0.25, -0.2) is 13.8 Å². The maximum atomic E-state index is 12.7. The van der Waals surface area contributed by atoms with Crippen LogP contribution in [0.4, 0.5) is 13.2 Å². The summed E-state index contributed by atoms with van der Waals surface area (Å²) in [4.78, 5) is 2.95. The van der Waals surface area contributed by atoms with E-state index in [0.717, 1.165) is 6.07 Å². The van der Waals surface area contributed by atoms with Crippen molar-refractivity contribution >= 4 is 11.6 Å². The van der Waals surface area contributed by atoms with Crippen LogP contribution >= 0.6 is 11.6 Å². The highest BCUT2D eigenvalue weighted by atomic mass is 35.5. The Morgan fingerprint density at radius 1 is 1.57 bits per heavy atom. The summed E-state index contributed by atoms with van der Waals surface area (Å²) in [6, 6.07) is 2.40. The Kier molecular flexibility index (Phi) is 3.31. The molecule has 2 nitrogen and oxygen atoms in total. The van der Waals surface area contributed by atoms with Gasteiger partial charge in [0.05, 0.1) is 5.56 Å². The first-order valence-corrected chi connectivity index (χ1v) is 4.07. The third kappa shape index (κ3) is 1.96. The molecule has 0 amide bonds. The molecule has 1 heterocycles. The monoisotopic (exact) mass is 220 g/mol. The molecule has 0 saturated heterocycles. The van der Waals surface area contributed by atoms with E-state index in [9.17, 15) is 13.2 Å². The van der Waals surface area contributed by atoms with Crippen LogP contribution in [0.15, 0.2) is 6.07 Å². The molecule has 6 heteroatoms. The minimum atomic E-state index is -2.98. The SMILES string of the molecule is N#Cc1c(CCl)cc(F)nc1C(F)F. The van der Waals surface area contributed by atoms with Gasteiger partial charge in [0.25, 0.3) is 6.43 Å². The van der Waals surface area contributed by atoms with Gasteiger partial charge in [-0.3, -0.25) is 0 Å². The van der Waals surface area contributed by atoms with Crippen LogP contribution in [0.25, 0.3) is 0 Å². The molecule has 0 N–H and O–H groups in total. The number of alkyl halides is 3. The lowest BCUT2D eigenvalue weighted by Crippen LogP contribution is -2.02. The first-order chi connectivity index (χ1) is 6.60. The second kappa shape index (κ2) is 4.29. The summed E-state index contributed by atoms with van der Waals surface area (Å²) in [6.07, 6.45) is -2.98. The fourth-order valence-corrected chi connectivity index (χ4v) is 1.19. The summed E-state index contributed by atoms with van der Waals surface area (Å²) in [5.41, 5.74) is -1.18. The van der Waals surface area contributed by atoms with Crippen molar-refractivity contribution in [3.63, 3.8) is 0 Å². The average Bonchev–Trinajstić information content (AvgIpc) is 2.16. The molecule has 0 atom stereocenters. The van der Waals surface area contributed by atoms with Gasteiger partial charge in [0.15, 0.2) is 0 Å². The third-order valence-electron chi connectivity index (χ3n) is 1.56. The summed E-state index contributed by atoms with van der Waals surface area (Å²) in [6.45, 7) is 0. The van der Waals surface area contributed by atoms with Crippen LogP contribution in [0.5, 0.6) is 0 Å². The molecule has 0 spiro atoms. The number of halogens is 4. The molecule has 0 aliphatic rings. The predicted octanol–water partition coefficient (Wildman–Crippen LogP) is 2.77. The van der Waals surface area contributed by atoms with Gasteiger partial charge in [-0.15, -0.1) is 11.6 Å². The largest absolute Gasteiger partial charge is 0.281 e. The molecule has 0 aromatic carbocycles. The topological polar surface area (TPSA) is 36.7 Å². The number of nitriles is 1. The zero-order valence-electron chi connectivity index (χ0n) is 6.77. The van der Waals surface area contributed by atoms with Crippen molar-refractivity contribution in [1.29, 1.82) is 5.26 Å². The van der Waals surface area contributed by atoms with Crippen molar-refractivity contribution in [3.05, 3.63) is 28.8 Å². The van der Waals surface area contributed by atoms with Crippen LogP contribution in [0, 0.1) is 17.3 Å². The van der Waals surface area contributed by atoms with Crippen LogP contribution in [0.2, 0.25) is 0 Å². The Labute approximate surface area is 82.9 Å². The summed E-state index contributed by atoms with van der Waals surface area (Å²) < 4.78 is 37.3. The van der Waals surface area contributed by atoms with E-state index in [-0.39, 0.29) is 17.0 Å². The summed E-state index contributed by atoms with van der Waals surface area (Å²) in [5.74, 6) is -1.27. The molecule has 14 heavy (non-hydrogen) atoms. The number of rotatable bonds is 2. The lowest BCUT2D eigenvalue weighted by Gasteiger charge is -2.05. The van der Waals surface area contributed by atoms with E-state index in [2.05, 4.69) is 4.98 Å². The normalized spacial score (nSPS) is 10.3. The average molecular weight is 221 g/mol. The van der Waals surface area contributed by atoms with Crippen molar-refractivity contribution in [2.75, 3.05) is 0 Å². The molecule has 0 aliphatic carbocycles. The number of aromatic nitrogens is 1. The minimum absolute atomic E-state index is 0.0250. The molecule has 0 unspecified atom stereocenters. The first-order valence-electron chi connectivity index (χ1n) is 3.53. The number of hydrogen-bond acceptors (Lipinski definition) is 2. The highest BCUT2D eigenvalue weighted by Crippen LogP contribution is 2.24. The molecule has 74 valence electrons. The second-order valence-electron chi connectivity index (χ2n) is 2.41. The van der Waals surface area contributed by atoms with E-state index < -0.39 is 18.1 Å². The summed E-state index contributed by atoms with van der Waals surface area (Å²) in [7, 11) is 0. The van der Waals surface area contributed by atoms with Crippen molar-refractivity contribution in [3.8, 4) is 6.07 Å². The Balaban J connectivity index is 3.41. The second-order valence-corrected chi connectivity index (χ2v) is 2.68. The lowest BCUT2D eigenvalue weighted by molar-refractivity contribution is 0.144. The Bertz CT molecular complexity index is 387. The quantitative estimate of drug-likeness (QED) is 0.568. The fraction of sp³-hybridized carbons (Fsp3) is 0.250. The van der Waals surface area contributed by atoms with Gasteiger partial charge < -0.3 is 0 Å². The van der Waals surface area contributed by atoms with E-state index in [1.54, 1.807) is 0 Å². The van der Waals surface area contributed by atoms with Crippen LogP contribution in [-0.4, -0.2) is 4.98 Å². The molecule has 1 aromatic rings. The molecular weight excluding hydrogens is 217 g/mol. The van der Waals surface area contributed by atoms with Gasteiger partial charge in [-0.05, 0) is 11.6 Å². The van der Waals surface area contributed by atoms with Crippen molar-refractivity contribution in [2.45, 2.75) is 12.3 Å². The van der Waals surface area contributed by atoms with Gasteiger partial charge in [-0.1, -0.05) is 0 Å². The molecular formula is C8H4ClF3N2. The number of nitrogens with zero attached hydrogens (tertiary/aromatic N) is 2. The van der Waals surface area contributed by atoms with Crippen molar-refractivity contribution in [2.24, 2.45) is 0 Å². The molecule has 1 rings (SSSR count). The van der Waals surface area contributed by atoms with E-state index >= 15 is 0 Å². The summed E-state index contributed by atoms with van der Waals surface area (Å²) in [5, 5.41) is 8.57. The minimum Gasteiger partial charge on any atom is -0.217 e. The highest BCUT2D eigenvalue weighted by Gasteiger charge is 2.19. The van der Waals surface area contributed by atoms with Gasteiger partial charge in [0.1, 0.15) is 11.8 Å². The molecule has 0 aliphatic heterocycles. The van der Waals surface area contributed by atoms with E-state index in [4.69, 9.17) is 16.9 Å². The molecule has 0 bridgehead atoms. The van der Waals surface area contributed by atoms with Gasteiger partial charge in [-0.2, -0.15) is 9.65 Å². The van der Waals surface area contributed by atoms with E-state index in [1.807, 2.05) is 0 Å². The maximum absolute atomic E-state index is 12.7. The number of hydrogen-bond donors (Lipinski definition) is 0. The maximum Gasteiger partial charge on any atom is 0.281 e. The van der Waals surface area contributed by atoms with E-state index in [0.29, 0.717) is 0 Å². The molecule has 0 fully saturated rings. The predicted molar refractivity (Wildman–Crippen MR) is 43.4 cm³/mol.